The molecule has 0 fully saturated rings. The fourth-order valence-electron chi connectivity index (χ4n) is 1.73. The first-order chi connectivity index (χ1) is 7.58. The highest BCUT2D eigenvalue weighted by atomic mass is 16.4. The highest BCUT2D eigenvalue weighted by molar-refractivity contribution is 5.73. The Kier molecular flexibility index (Phi) is 2.83. The van der Waals surface area contributed by atoms with Gasteiger partial charge in [0.25, 0.3) is 0 Å². The van der Waals surface area contributed by atoms with Crippen LogP contribution in [0.2, 0.25) is 0 Å². The first-order valence-corrected chi connectivity index (χ1v) is 5.42. The van der Waals surface area contributed by atoms with Gasteiger partial charge in [0.1, 0.15) is 0 Å². The monoisotopic (exact) mass is 220 g/mol. The number of rotatable bonds is 3. The molecular formula is C12H16N2O2. The van der Waals surface area contributed by atoms with Gasteiger partial charge in [-0.1, -0.05) is 6.07 Å². The molecule has 4 heteroatoms. The zero-order chi connectivity index (χ0) is 11.7. The maximum absolute atomic E-state index is 11.3. The lowest BCUT2D eigenvalue weighted by atomic mass is 10.1. The SMILES string of the molecule is CC(N)CCc1ccc2c(c1)oc(=O)n2C. The number of aryl methyl sites for hydroxylation is 2. The lowest BCUT2D eigenvalue weighted by Gasteiger charge is -2.04. The number of benzene rings is 1. The Morgan fingerprint density at radius 2 is 2.25 bits per heavy atom. The largest absolute Gasteiger partial charge is 0.419 e. The van der Waals surface area contributed by atoms with Crippen molar-refractivity contribution in [2.45, 2.75) is 25.8 Å². The standard InChI is InChI=1S/C12H16N2O2/c1-8(13)3-4-9-5-6-10-11(7-9)16-12(15)14(10)2/h5-8H,3-4,13H2,1-2H3. The van der Waals surface area contributed by atoms with Gasteiger partial charge in [-0.05, 0) is 37.5 Å². The predicted molar refractivity (Wildman–Crippen MR) is 63.4 cm³/mol. The average Bonchev–Trinajstić information content (AvgIpc) is 2.52. The van der Waals surface area contributed by atoms with Crippen LogP contribution in [0.1, 0.15) is 18.9 Å². The number of oxazole rings is 1. The zero-order valence-electron chi connectivity index (χ0n) is 9.56. The molecule has 0 radical (unpaired) electrons. The summed E-state index contributed by atoms with van der Waals surface area (Å²) in [5, 5.41) is 0. The van der Waals surface area contributed by atoms with E-state index in [2.05, 4.69) is 0 Å². The van der Waals surface area contributed by atoms with Gasteiger partial charge in [0.2, 0.25) is 0 Å². The second-order valence-corrected chi connectivity index (χ2v) is 4.25. The van der Waals surface area contributed by atoms with Crippen molar-refractivity contribution in [1.29, 1.82) is 0 Å². The van der Waals surface area contributed by atoms with Crippen LogP contribution in [0.3, 0.4) is 0 Å². The fourth-order valence-corrected chi connectivity index (χ4v) is 1.73. The fraction of sp³-hybridized carbons (Fsp3) is 0.417. The molecular weight excluding hydrogens is 204 g/mol. The van der Waals surface area contributed by atoms with Crippen LogP contribution in [-0.4, -0.2) is 10.6 Å². The minimum atomic E-state index is -0.320. The maximum Gasteiger partial charge on any atom is 0.419 e. The third kappa shape index (κ3) is 2.02. The normalized spacial score (nSPS) is 13.2. The quantitative estimate of drug-likeness (QED) is 0.850. The van der Waals surface area contributed by atoms with E-state index in [4.69, 9.17) is 10.2 Å². The van der Waals surface area contributed by atoms with Crippen LogP contribution in [0, 0.1) is 0 Å². The van der Waals surface area contributed by atoms with Gasteiger partial charge in [-0.2, -0.15) is 0 Å². The van der Waals surface area contributed by atoms with Crippen molar-refractivity contribution < 1.29 is 4.42 Å². The summed E-state index contributed by atoms with van der Waals surface area (Å²) < 4.78 is 6.63. The summed E-state index contributed by atoms with van der Waals surface area (Å²) in [6.07, 6.45) is 1.84. The van der Waals surface area contributed by atoms with Gasteiger partial charge in [0, 0.05) is 13.1 Å². The Balaban J connectivity index is 2.33. The third-order valence-electron chi connectivity index (χ3n) is 2.75. The molecule has 2 rings (SSSR count). The van der Waals surface area contributed by atoms with Crippen LogP contribution in [0.25, 0.3) is 11.1 Å². The number of hydrogen-bond acceptors (Lipinski definition) is 3. The van der Waals surface area contributed by atoms with Crippen LogP contribution in [-0.2, 0) is 13.5 Å². The van der Waals surface area contributed by atoms with Gasteiger partial charge in [0.15, 0.2) is 5.58 Å². The Morgan fingerprint density at radius 3 is 2.94 bits per heavy atom. The molecule has 0 saturated heterocycles. The molecule has 86 valence electrons. The Bertz CT molecular complexity index is 552. The zero-order valence-corrected chi connectivity index (χ0v) is 9.56. The molecule has 0 aliphatic rings. The van der Waals surface area contributed by atoms with Gasteiger partial charge >= 0.3 is 5.76 Å². The molecule has 1 aromatic carbocycles. The second-order valence-electron chi connectivity index (χ2n) is 4.25. The highest BCUT2D eigenvalue weighted by Gasteiger charge is 2.06. The molecule has 4 nitrogen and oxygen atoms in total. The molecule has 0 aliphatic carbocycles. The van der Waals surface area contributed by atoms with E-state index in [0.717, 1.165) is 23.9 Å². The molecule has 0 aliphatic heterocycles. The molecule has 1 heterocycles. The topological polar surface area (TPSA) is 61.2 Å². The first-order valence-electron chi connectivity index (χ1n) is 5.42. The van der Waals surface area contributed by atoms with E-state index in [1.807, 2.05) is 25.1 Å². The summed E-state index contributed by atoms with van der Waals surface area (Å²) in [5.74, 6) is -0.320. The van der Waals surface area contributed by atoms with Crippen molar-refractivity contribution in [3.05, 3.63) is 34.3 Å². The number of hydrogen-bond donors (Lipinski definition) is 1. The van der Waals surface area contributed by atoms with Crippen molar-refractivity contribution in [2.24, 2.45) is 12.8 Å². The summed E-state index contributed by atoms with van der Waals surface area (Å²) in [4.78, 5) is 11.3. The number of aromatic nitrogens is 1. The summed E-state index contributed by atoms with van der Waals surface area (Å²) >= 11 is 0. The average molecular weight is 220 g/mol. The Labute approximate surface area is 93.7 Å². The van der Waals surface area contributed by atoms with E-state index in [0.29, 0.717) is 5.58 Å². The lowest BCUT2D eigenvalue weighted by molar-refractivity contribution is 0.527. The number of nitrogens with two attached hydrogens (primary N) is 1. The van der Waals surface area contributed by atoms with E-state index < -0.39 is 0 Å². The van der Waals surface area contributed by atoms with E-state index >= 15 is 0 Å². The van der Waals surface area contributed by atoms with E-state index in [-0.39, 0.29) is 11.8 Å². The molecule has 0 bridgehead atoms. The van der Waals surface area contributed by atoms with Crippen LogP contribution in [0.5, 0.6) is 0 Å². The first kappa shape index (κ1) is 11.0. The van der Waals surface area contributed by atoms with E-state index in [1.54, 1.807) is 7.05 Å². The summed E-state index contributed by atoms with van der Waals surface area (Å²) in [5.41, 5.74) is 8.33. The molecule has 16 heavy (non-hydrogen) atoms. The highest BCUT2D eigenvalue weighted by Crippen LogP contribution is 2.15. The molecule has 2 N–H and O–H groups in total. The minimum absolute atomic E-state index is 0.193. The Morgan fingerprint density at radius 1 is 1.50 bits per heavy atom. The second kappa shape index (κ2) is 4.14. The molecule has 0 saturated carbocycles. The van der Waals surface area contributed by atoms with Crippen molar-refractivity contribution >= 4 is 11.1 Å². The summed E-state index contributed by atoms with van der Waals surface area (Å²) in [7, 11) is 1.70. The maximum atomic E-state index is 11.3. The molecule has 1 unspecified atom stereocenters. The van der Waals surface area contributed by atoms with E-state index in [1.165, 1.54) is 4.57 Å². The van der Waals surface area contributed by atoms with Gasteiger partial charge in [0.05, 0.1) is 5.52 Å². The lowest BCUT2D eigenvalue weighted by Crippen LogP contribution is -2.15. The van der Waals surface area contributed by atoms with Gasteiger partial charge < -0.3 is 10.2 Å². The number of fused-ring (bicyclic) bond motifs is 1. The van der Waals surface area contributed by atoms with Gasteiger partial charge in [-0.3, -0.25) is 4.57 Å². The van der Waals surface area contributed by atoms with Crippen molar-refractivity contribution in [2.75, 3.05) is 0 Å². The number of nitrogens with zero attached hydrogens (tertiary/aromatic N) is 1. The predicted octanol–water partition coefficient (Wildman–Crippen LogP) is 1.41. The van der Waals surface area contributed by atoms with Gasteiger partial charge in [-0.15, -0.1) is 0 Å². The smallest absolute Gasteiger partial charge is 0.408 e. The van der Waals surface area contributed by atoms with E-state index in [9.17, 15) is 4.79 Å². The minimum Gasteiger partial charge on any atom is -0.408 e. The van der Waals surface area contributed by atoms with Crippen molar-refractivity contribution in [3.8, 4) is 0 Å². The molecule has 2 aromatic rings. The van der Waals surface area contributed by atoms with Gasteiger partial charge in [-0.25, -0.2) is 4.79 Å². The van der Waals surface area contributed by atoms with Crippen LogP contribution in [0.15, 0.2) is 27.4 Å². The molecule has 1 atom stereocenters. The van der Waals surface area contributed by atoms with Crippen LogP contribution in [0.4, 0.5) is 0 Å². The summed E-state index contributed by atoms with van der Waals surface area (Å²) in [6.45, 7) is 1.99. The molecule has 0 spiro atoms. The summed E-state index contributed by atoms with van der Waals surface area (Å²) in [6, 6.07) is 6.04. The van der Waals surface area contributed by atoms with Crippen molar-refractivity contribution in [1.82, 2.24) is 4.57 Å². The van der Waals surface area contributed by atoms with Crippen LogP contribution < -0.4 is 11.5 Å². The third-order valence-corrected chi connectivity index (χ3v) is 2.75. The van der Waals surface area contributed by atoms with Crippen molar-refractivity contribution in [3.63, 3.8) is 0 Å². The van der Waals surface area contributed by atoms with Crippen LogP contribution >= 0.6 is 0 Å². The molecule has 0 amide bonds. The molecule has 1 aromatic heterocycles. The Hall–Kier alpha value is -1.55.